The second-order valence-corrected chi connectivity index (χ2v) is 7.19. The predicted octanol–water partition coefficient (Wildman–Crippen LogP) is 2.61. The first kappa shape index (κ1) is 15.5. The number of hydrogen-bond donors (Lipinski definition) is 1. The molecular weight excluding hydrogens is 324 g/mol. The van der Waals surface area contributed by atoms with Gasteiger partial charge in [0.05, 0.1) is 10.9 Å². The molecule has 0 unspecified atom stereocenters. The molecule has 3 aromatic heterocycles. The number of nitrogens with one attached hydrogen (secondary N) is 1. The average molecular weight is 344 g/mol. The van der Waals surface area contributed by atoms with E-state index in [1.807, 2.05) is 24.4 Å². The topological polar surface area (TPSA) is 81.7 Å². The summed E-state index contributed by atoms with van der Waals surface area (Å²) >= 11 is 1.61. The fourth-order valence-corrected chi connectivity index (χ4v) is 3.69. The number of nitrogens with zero attached hydrogens (tertiary/aromatic N) is 5. The van der Waals surface area contributed by atoms with Crippen molar-refractivity contribution in [3.05, 3.63) is 35.1 Å². The molecule has 4 heterocycles. The van der Waals surface area contributed by atoms with Crippen LogP contribution in [-0.2, 0) is 13.0 Å². The number of rotatable bonds is 5. The predicted molar refractivity (Wildman–Crippen MR) is 90.6 cm³/mol. The van der Waals surface area contributed by atoms with Gasteiger partial charge in [-0.2, -0.15) is 4.98 Å². The van der Waals surface area contributed by atoms with Crippen molar-refractivity contribution in [2.24, 2.45) is 5.92 Å². The number of aromatic nitrogens is 5. The van der Waals surface area contributed by atoms with Crippen molar-refractivity contribution in [2.75, 3.05) is 6.54 Å². The van der Waals surface area contributed by atoms with Crippen LogP contribution in [0.1, 0.15) is 36.9 Å². The zero-order valence-corrected chi connectivity index (χ0v) is 14.6. The molecule has 0 bridgehead atoms. The van der Waals surface area contributed by atoms with E-state index in [0.29, 0.717) is 17.6 Å². The van der Waals surface area contributed by atoms with Crippen LogP contribution < -0.4 is 5.32 Å². The largest absolute Gasteiger partial charge is 0.337 e. The summed E-state index contributed by atoms with van der Waals surface area (Å²) in [6.07, 6.45) is 2.12. The molecule has 0 aliphatic carbocycles. The van der Waals surface area contributed by atoms with Crippen molar-refractivity contribution in [1.29, 1.82) is 0 Å². The zero-order valence-electron chi connectivity index (χ0n) is 13.8. The lowest BCUT2D eigenvalue weighted by Crippen LogP contribution is -2.32. The molecule has 0 saturated carbocycles. The molecule has 0 amide bonds. The van der Waals surface area contributed by atoms with Crippen LogP contribution in [0, 0.1) is 12.8 Å². The third-order valence-corrected chi connectivity index (χ3v) is 5.36. The van der Waals surface area contributed by atoms with Gasteiger partial charge >= 0.3 is 0 Å². The smallest absolute Gasteiger partial charge is 0.243 e. The summed E-state index contributed by atoms with van der Waals surface area (Å²) in [6, 6.07) is 4.02. The van der Waals surface area contributed by atoms with Crippen LogP contribution in [-0.4, -0.2) is 31.4 Å². The minimum absolute atomic E-state index is 0.0367. The van der Waals surface area contributed by atoms with Crippen molar-refractivity contribution in [1.82, 2.24) is 30.2 Å². The van der Waals surface area contributed by atoms with Crippen LogP contribution in [0.25, 0.3) is 10.7 Å². The summed E-state index contributed by atoms with van der Waals surface area (Å²) in [5.74, 6) is 3.97. The van der Waals surface area contributed by atoms with Crippen molar-refractivity contribution < 1.29 is 4.52 Å². The van der Waals surface area contributed by atoms with E-state index in [9.17, 15) is 0 Å². The van der Waals surface area contributed by atoms with E-state index < -0.39 is 0 Å². The van der Waals surface area contributed by atoms with Gasteiger partial charge in [0.25, 0.3) is 0 Å². The van der Waals surface area contributed by atoms with E-state index in [1.54, 1.807) is 11.3 Å². The number of hydrogen-bond acceptors (Lipinski definition) is 7. The first-order valence-corrected chi connectivity index (χ1v) is 9.08. The van der Waals surface area contributed by atoms with Crippen molar-refractivity contribution in [2.45, 2.75) is 39.3 Å². The van der Waals surface area contributed by atoms with Gasteiger partial charge in [-0.3, -0.25) is 0 Å². The van der Waals surface area contributed by atoms with E-state index >= 15 is 0 Å². The Hall–Kier alpha value is -2.06. The van der Waals surface area contributed by atoms with Gasteiger partial charge in [-0.1, -0.05) is 11.2 Å². The van der Waals surface area contributed by atoms with Gasteiger partial charge in [0.15, 0.2) is 0 Å². The van der Waals surface area contributed by atoms with Crippen LogP contribution in [0.3, 0.4) is 0 Å². The normalized spacial score (nSPS) is 18.5. The van der Waals surface area contributed by atoms with E-state index in [0.717, 1.165) is 42.5 Å². The fraction of sp³-hybridized carbons (Fsp3) is 0.500. The molecule has 1 aliphatic rings. The van der Waals surface area contributed by atoms with Gasteiger partial charge in [-0.25, -0.2) is 0 Å². The minimum atomic E-state index is 0.0367. The lowest BCUT2D eigenvalue weighted by atomic mass is 9.99. The SMILES string of the molecule is Cc1nnc2n1C[C@@H](CN[C@H](C)c1nc(-c3cccs3)no1)CC2. The Balaban J connectivity index is 1.36. The van der Waals surface area contributed by atoms with E-state index in [2.05, 4.69) is 37.1 Å². The van der Waals surface area contributed by atoms with E-state index in [1.165, 1.54) is 0 Å². The van der Waals surface area contributed by atoms with E-state index in [-0.39, 0.29) is 6.04 Å². The summed E-state index contributed by atoms with van der Waals surface area (Å²) in [5, 5.41) is 18.0. The third-order valence-electron chi connectivity index (χ3n) is 4.50. The van der Waals surface area contributed by atoms with Gasteiger partial charge < -0.3 is 14.4 Å². The molecule has 24 heavy (non-hydrogen) atoms. The summed E-state index contributed by atoms with van der Waals surface area (Å²) < 4.78 is 7.64. The highest BCUT2D eigenvalue weighted by Gasteiger charge is 2.23. The molecule has 0 aromatic carbocycles. The Morgan fingerprint density at radius 3 is 3.21 bits per heavy atom. The number of fused-ring (bicyclic) bond motifs is 1. The quantitative estimate of drug-likeness (QED) is 0.766. The number of aryl methyl sites for hydroxylation is 2. The monoisotopic (exact) mass is 344 g/mol. The third kappa shape index (κ3) is 2.99. The number of thiophene rings is 1. The first-order valence-electron chi connectivity index (χ1n) is 8.20. The molecular formula is C16H20N6OS. The highest BCUT2D eigenvalue weighted by atomic mass is 32.1. The van der Waals surface area contributed by atoms with Crippen molar-refractivity contribution >= 4 is 11.3 Å². The Morgan fingerprint density at radius 2 is 2.38 bits per heavy atom. The molecule has 1 aliphatic heterocycles. The van der Waals surface area contributed by atoms with E-state index in [4.69, 9.17) is 4.52 Å². The summed E-state index contributed by atoms with van der Waals surface area (Å²) in [5.41, 5.74) is 0. The lowest BCUT2D eigenvalue weighted by Gasteiger charge is -2.25. The molecule has 1 N–H and O–H groups in total. The second-order valence-electron chi connectivity index (χ2n) is 6.24. The molecule has 2 atom stereocenters. The molecule has 4 rings (SSSR count). The molecule has 0 radical (unpaired) electrons. The average Bonchev–Trinajstić information content (AvgIpc) is 3.33. The highest BCUT2D eigenvalue weighted by Crippen LogP contribution is 2.24. The van der Waals surface area contributed by atoms with Crippen LogP contribution in [0.5, 0.6) is 0 Å². The van der Waals surface area contributed by atoms with Gasteiger partial charge in [0, 0.05) is 19.5 Å². The van der Waals surface area contributed by atoms with Gasteiger partial charge in [0.1, 0.15) is 11.6 Å². The molecule has 0 fully saturated rings. The lowest BCUT2D eigenvalue weighted by molar-refractivity contribution is 0.301. The zero-order chi connectivity index (χ0) is 16.5. The molecule has 0 spiro atoms. The second kappa shape index (κ2) is 6.45. The van der Waals surface area contributed by atoms with Gasteiger partial charge in [-0.05, 0) is 37.6 Å². The van der Waals surface area contributed by atoms with Gasteiger partial charge in [-0.15, -0.1) is 21.5 Å². The molecule has 0 saturated heterocycles. The first-order chi connectivity index (χ1) is 11.7. The standard InChI is InChI=1S/C16H20N6OS/c1-10(16-18-15(21-23-16)13-4-3-7-24-13)17-8-12-5-6-14-20-19-11(2)22(14)9-12/h3-4,7,10,12,17H,5-6,8-9H2,1-2H3/t10-,12-/m1/s1. The minimum Gasteiger partial charge on any atom is -0.337 e. The maximum absolute atomic E-state index is 5.41. The summed E-state index contributed by atoms with van der Waals surface area (Å²) in [4.78, 5) is 5.53. The van der Waals surface area contributed by atoms with Crippen LogP contribution in [0.2, 0.25) is 0 Å². The Kier molecular flexibility index (Phi) is 4.15. The summed E-state index contributed by atoms with van der Waals surface area (Å²) in [7, 11) is 0. The Morgan fingerprint density at radius 1 is 1.46 bits per heavy atom. The molecule has 126 valence electrons. The Bertz CT molecular complexity index is 809. The molecule has 7 nitrogen and oxygen atoms in total. The molecule has 3 aromatic rings. The fourth-order valence-electron chi connectivity index (χ4n) is 3.04. The maximum atomic E-state index is 5.41. The molecule has 8 heteroatoms. The summed E-state index contributed by atoms with van der Waals surface area (Å²) in [6.45, 7) is 5.95. The van der Waals surface area contributed by atoms with Crippen molar-refractivity contribution in [3.63, 3.8) is 0 Å². The van der Waals surface area contributed by atoms with Gasteiger partial charge in [0.2, 0.25) is 11.7 Å². The highest BCUT2D eigenvalue weighted by molar-refractivity contribution is 7.13. The Labute approximate surface area is 144 Å². The van der Waals surface area contributed by atoms with Crippen LogP contribution in [0.15, 0.2) is 22.0 Å². The van der Waals surface area contributed by atoms with Crippen LogP contribution in [0.4, 0.5) is 0 Å². The maximum Gasteiger partial charge on any atom is 0.243 e. The van der Waals surface area contributed by atoms with Crippen molar-refractivity contribution in [3.8, 4) is 10.7 Å². The van der Waals surface area contributed by atoms with Crippen LogP contribution >= 0.6 is 11.3 Å².